The van der Waals surface area contributed by atoms with Crippen LogP contribution in [0.2, 0.25) is 0 Å². The van der Waals surface area contributed by atoms with Crippen LogP contribution in [0, 0.1) is 5.92 Å². The molecule has 1 aromatic rings. The number of carbonyl (C=O) groups excluding carboxylic acids is 1. The zero-order valence-electron chi connectivity index (χ0n) is 16.7. The van der Waals surface area contributed by atoms with Crippen LogP contribution in [-0.2, 0) is 20.9 Å². The number of halogens is 3. The van der Waals surface area contributed by atoms with Gasteiger partial charge in [0.1, 0.15) is 11.6 Å². The molecule has 168 valence electrons. The largest absolute Gasteiger partial charge is 0.490 e. The maximum Gasteiger partial charge on any atom is 0.490 e. The molecule has 0 bridgehead atoms. The van der Waals surface area contributed by atoms with Crippen molar-refractivity contribution in [2.24, 2.45) is 5.92 Å². The van der Waals surface area contributed by atoms with E-state index in [4.69, 9.17) is 19.1 Å². The number of morpholine rings is 1. The molecule has 3 fully saturated rings. The third kappa shape index (κ3) is 5.73. The zero-order chi connectivity index (χ0) is 21.9. The van der Waals surface area contributed by atoms with Gasteiger partial charge in [-0.05, 0) is 24.8 Å². The van der Waals surface area contributed by atoms with Gasteiger partial charge in [0.25, 0.3) is 0 Å². The first-order valence-corrected chi connectivity index (χ1v) is 9.75. The van der Waals surface area contributed by atoms with Crippen molar-refractivity contribution in [3.05, 3.63) is 24.2 Å². The number of alkyl halides is 3. The molecule has 1 spiro atoms. The number of ether oxygens (including phenoxy) is 1. The number of nitrogens with zero attached hydrogens (tertiary/aromatic N) is 2. The number of carbonyl (C=O) groups is 2. The quantitative estimate of drug-likeness (QED) is 0.723. The van der Waals surface area contributed by atoms with Gasteiger partial charge in [-0.1, -0.05) is 0 Å². The van der Waals surface area contributed by atoms with Crippen molar-refractivity contribution in [3.8, 4) is 0 Å². The Balaban J connectivity index is 0.000000318. The molecule has 11 heteroatoms. The number of likely N-dealkylation sites (N-methyl/N-ethyl adjacent to an activating group) is 1. The van der Waals surface area contributed by atoms with Crippen molar-refractivity contribution >= 4 is 11.9 Å². The highest BCUT2D eigenvalue weighted by Gasteiger charge is 2.51. The number of nitrogens with one attached hydrogen (secondary N) is 1. The van der Waals surface area contributed by atoms with Crippen molar-refractivity contribution in [2.45, 2.75) is 37.2 Å². The summed E-state index contributed by atoms with van der Waals surface area (Å²) in [6, 6.07) is 1.88. The summed E-state index contributed by atoms with van der Waals surface area (Å²) in [6.07, 6.45) is 1.04. The number of furan rings is 1. The van der Waals surface area contributed by atoms with Gasteiger partial charge in [0.05, 0.1) is 19.1 Å². The van der Waals surface area contributed by atoms with E-state index in [0.717, 1.165) is 38.6 Å². The van der Waals surface area contributed by atoms with Crippen molar-refractivity contribution in [1.82, 2.24) is 15.1 Å². The fourth-order valence-corrected chi connectivity index (χ4v) is 3.83. The van der Waals surface area contributed by atoms with Gasteiger partial charge in [-0.2, -0.15) is 13.2 Å². The summed E-state index contributed by atoms with van der Waals surface area (Å²) < 4.78 is 43.0. The van der Waals surface area contributed by atoms with Crippen LogP contribution in [0.5, 0.6) is 0 Å². The first-order valence-electron chi connectivity index (χ1n) is 9.75. The van der Waals surface area contributed by atoms with Gasteiger partial charge in [0, 0.05) is 45.3 Å². The van der Waals surface area contributed by atoms with Gasteiger partial charge in [-0.3, -0.25) is 14.6 Å². The lowest BCUT2D eigenvalue weighted by Gasteiger charge is -2.55. The number of carboxylic acids is 1. The van der Waals surface area contributed by atoms with E-state index in [1.165, 1.54) is 18.4 Å². The molecule has 0 radical (unpaired) electrons. The fourth-order valence-electron chi connectivity index (χ4n) is 3.83. The van der Waals surface area contributed by atoms with Crippen LogP contribution in [0.1, 0.15) is 18.4 Å². The highest BCUT2D eigenvalue weighted by atomic mass is 19.4. The number of rotatable bonds is 5. The van der Waals surface area contributed by atoms with Crippen molar-refractivity contribution < 1.29 is 37.0 Å². The van der Waals surface area contributed by atoms with Crippen LogP contribution in [0.4, 0.5) is 13.2 Å². The van der Waals surface area contributed by atoms with Crippen LogP contribution in [0.25, 0.3) is 0 Å². The molecule has 2 N–H and O–H groups in total. The van der Waals surface area contributed by atoms with E-state index in [1.54, 1.807) is 19.6 Å². The Morgan fingerprint density at radius 3 is 2.47 bits per heavy atom. The Morgan fingerprint density at radius 1 is 1.30 bits per heavy atom. The number of amides is 1. The van der Waals surface area contributed by atoms with E-state index in [1.807, 2.05) is 6.07 Å². The lowest BCUT2D eigenvalue weighted by Crippen LogP contribution is -2.72. The third-order valence-corrected chi connectivity index (χ3v) is 5.47. The molecule has 2 aliphatic heterocycles. The van der Waals surface area contributed by atoms with E-state index in [-0.39, 0.29) is 17.6 Å². The predicted molar refractivity (Wildman–Crippen MR) is 98.5 cm³/mol. The smallest absolute Gasteiger partial charge is 0.475 e. The van der Waals surface area contributed by atoms with Crippen LogP contribution in [0.3, 0.4) is 0 Å². The second-order valence-corrected chi connectivity index (χ2v) is 8.08. The molecule has 0 aromatic carbocycles. The molecule has 4 rings (SSSR count). The van der Waals surface area contributed by atoms with Gasteiger partial charge in [-0.15, -0.1) is 0 Å². The molecule has 3 aliphatic rings. The maximum atomic E-state index is 12.1. The average Bonchev–Trinajstić information content (AvgIpc) is 3.32. The van der Waals surface area contributed by atoms with E-state index in [0.29, 0.717) is 6.61 Å². The van der Waals surface area contributed by atoms with E-state index in [9.17, 15) is 18.0 Å². The lowest BCUT2D eigenvalue weighted by atomic mass is 9.90. The first-order chi connectivity index (χ1) is 14.1. The van der Waals surface area contributed by atoms with E-state index >= 15 is 0 Å². The molecule has 1 aromatic heterocycles. The molecule has 2 saturated heterocycles. The van der Waals surface area contributed by atoms with Crippen molar-refractivity contribution in [1.29, 1.82) is 0 Å². The normalized spacial score (nSPS) is 23.9. The predicted octanol–water partition coefficient (Wildman–Crippen LogP) is 1.32. The highest BCUT2D eigenvalue weighted by Crippen LogP contribution is 2.36. The summed E-state index contributed by atoms with van der Waals surface area (Å²) in [5.41, 5.74) is 1.11. The second kappa shape index (κ2) is 8.94. The van der Waals surface area contributed by atoms with E-state index in [2.05, 4.69) is 15.1 Å². The first kappa shape index (κ1) is 22.6. The second-order valence-electron chi connectivity index (χ2n) is 8.08. The summed E-state index contributed by atoms with van der Waals surface area (Å²) in [5.74, 6) is -1.90. The molecule has 30 heavy (non-hydrogen) atoms. The van der Waals surface area contributed by atoms with Crippen LogP contribution < -0.4 is 5.32 Å². The zero-order valence-corrected chi connectivity index (χ0v) is 16.7. The third-order valence-electron chi connectivity index (χ3n) is 5.47. The average molecular weight is 433 g/mol. The molecule has 1 unspecified atom stereocenters. The summed E-state index contributed by atoms with van der Waals surface area (Å²) in [6.45, 7) is 5.17. The molecule has 8 nitrogen and oxygen atoms in total. The van der Waals surface area contributed by atoms with Gasteiger partial charge >= 0.3 is 12.1 Å². The summed E-state index contributed by atoms with van der Waals surface area (Å²) in [7, 11) is 1.71. The summed E-state index contributed by atoms with van der Waals surface area (Å²) in [5, 5.41) is 9.90. The Hall–Kier alpha value is -2.11. The van der Waals surface area contributed by atoms with Crippen molar-refractivity contribution in [3.63, 3.8) is 0 Å². The van der Waals surface area contributed by atoms with Crippen LogP contribution >= 0.6 is 0 Å². The molecular formula is C19H26F3N3O5. The number of hydrogen-bond acceptors (Lipinski definition) is 6. The monoisotopic (exact) mass is 433 g/mol. The number of aliphatic carboxylic acids is 1. The number of hydrogen-bond donors (Lipinski definition) is 2. The Morgan fingerprint density at radius 2 is 1.97 bits per heavy atom. The van der Waals surface area contributed by atoms with Gasteiger partial charge in [0.2, 0.25) is 5.91 Å². The van der Waals surface area contributed by atoms with Crippen LogP contribution in [0.15, 0.2) is 23.0 Å². The Labute approximate surface area is 171 Å². The topological polar surface area (TPSA) is 95.3 Å². The van der Waals surface area contributed by atoms with E-state index < -0.39 is 12.1 Å². The minimum Gasteiger partial charge on any atom is -0.475 e. The standard InChI is InChI=1S/C17H25N3O3.C2HF3O2/c1-18-16(21)15-9-23-17(12-20(15)7-13-2-3-13)10-19(11-17)6-14-4-5-22-8-14;3-2(4,5)1(6)7/h4-5,8,13,15H,2-3,6-7,9-12H2,1H3,(H,18,21);(H,6,7). The Bertz CT molecular complexity index is 730. The summed E-state index contributed by atoms with van der Waals surface area (Å²) in [4.78, 5) is 25.7. The van der Waals surface area contributed by atoms with Crippen LogP contribution in [-0.4, -0.2) is 84.4 Å². The minimum atomic E-state index is -5.08. The highest BCUT2D eigenvalue weighted by molar-refractivity contribution is 5.81. The van der Waals surface area contributed by atoms with Gasteiger partial charge < -0.3 is 19.6 Å². The SMILES string of the molecule is CNC(=O)C1COC2(CN(Cc3ccoc3)C2)CN1CC1CC1.O=C(O)C(F)(F)F. The number of carboxylic acid groups (broad SMARTS) is 1. The maximum absolute atomic E-state index is 12.1. The Kier molecular flexibility index (Phi) is 6.73. The molecule has 3 heterocycles. The fraction of sp³-hybridized carbons (Fsp3) is 0.684. The summed E-state index contributed by atoms with van der Waals surface area (Å²) >= 11 is 0. The molecule has 1 aliphatic carbocycles. The lowest BCUT2D eigenvalue weighted by molar-refractivity contribution is -0.203. The number of likely N-dealkylation sites (tertiary alicyclic amines) is 1. The van der Waals surface area contributed by atoms with Crippen molar-refractivity contribution in [2.75, 3.05) is 39.8 Å². The molecule has 1 atom stereocenters. The molecule has 1 amide bonds. The minimum absolute atomic E-state index is 0.0788. The van der Waals surface area contributed by atoms with Gasteiger partial charge in [-0.25, -0.2) is 4.79 Å². The molecule has 1 saturated carbocycles. The van der Waals surface area contributed by atoms with Gasteiger partial charge in [0.15, 0.2) is 0 Å². The molecular weight excluding hydrogens is 407 g/mol.